The van der Waals surface area contributed by atoms with Crippen molar-refractivity contribution < 1.29 is 23.1 Å². The molecule has 0 aromatic rings. The van der Waals surface area contributed by atoms with E-state index < -0.39 is 36.4 Å². The van der Waals surface area contributed by atoms with Crippen molar-refractivity contribution in [1.82, 2.24) is 5.32 Å². The molecule has 0 spiro atoms. The third-order valence-corrected chi connectivity index (χ3v) is 1.77. The van der Waals surface area contributed by atoms with E-state index in [2.05, 4.69) is 5.32 Å². The zero-order valence-corrected chi connectivity index (χ0v) is 10.5. The fraction of sp³-hybridized carbons (Fsp3) is 0.818. The molecule has 0 unspecified atom stereocenters. The van der Waals surface area contributed by atoms with Crippen LogP contribution in [0.1, 0.15) is 34.1 Å². The normalized spacial score (nSPS) is 13.4. The number of amides is 1. The highest BCUT2D eigenvalue weighted by atomic mass is 19.3. The van der Waals surface area contributed by atoms with Crippen LogP contribution in [0.25, 0.3) is 0 Å². The van der Waals surface area contributed by atoms with E-state index in [-0.39, 0.29) is 6.42 Å². The summed E-state index contributed by atoms with van der Waals surface area (Å²) in [5, 5.41) is 2.05. The molecule has 1 atom stereocenters. The van der Waals surface area contributed by atoms with E-state index in [9.17, 15) is 18.4 Å². The smallest absolute Gasteiger partial charge is 0.307 e. The lowest BCUT2D eigenvalue weighted by atomic mass is 10.1. The Hall–Kier alpha value is -1.20. The Morgan fingerprint density at radius 3 is 2.24 bits per heavy atom. The van der Waals surface area contributed by atoms with Gasteiger partial charge in [0, 0.05) is 5.92 Å². The third-order valence-electron chi connectivity index (χ3n) is 1.77. The minimum absolute atomic E-state index is 0.119. The SMILES string of the molecule is C[C@@H](CC(=O)OC(C)(C)C)C(=O)NCC(F)F. The number of halogens is 2. The van der Waals surface area contributed by atoms with Gasteiger partial charge in [0.2, 0.25) is 5.91 Å². The highest BCUT2D eigenvalue weighted by Gasteiger charge is 2.22. The monoisotopic (exact) mass is 251 g/mol. The van der Waals surface area contributed by atoms with Crippen molar-refractivity contribution in [3.05, 3.63) is 0 Å². The Morgan fingerprint density at radius 1 is 1.29 bits per heavy atom. The highest BCUT2D eigenvalue weighted by molar-refractivity contribution is 5.83. The van der Waals surface area contributed by atoms with Gasteiger partial charge in [0.1, 0.15) is 5.60 Å². The summed E-state index contributed by atoms with van der Waals surface area (Å²) in [6.45, 7) is 5.94. The number of hydrogen-bond acceptors (Lipinski definition) is 3. The first-order valence-corrected chi connectivity index (χ1v) is 5.39. The molecule has 0 aliphatic heterocycles. The minimum Gasteiger partial charge on any atom is -0.460 e. The number of ether oxygens (including phenoxy) is 1. The maximum Gasteiger partial charge on any atom is 0.307 e. The van der Waals surface area contributed by atoms with Crippen LogP contribution < -0.4 is 5.32 Å². The molecule has 0 aromatic heterocycles. The van der Waals surface area contributed by atoms with Crippen LogP contribution in [0.2, 0.25) is 0 Å². The van der Waals surface area contributed by atoms with Crippen molar-refractivity contribution in [3.63, 3.8) is 0 Å². The zero-order chi connectivity index (χ0) is 13.6. The molecule has 0 bridgehead atoms. The maximum atomic E-state index is 11.8. The van der Waals surface area contributed by atoms with E-state index in [4.69, 9.17) is 4.74 Å². The second-order valence-corrected chi connectivity index (χ2v) is 4.83. The van der Waals surface area contributed by atoms with Crippen molar-refractivity contribution in [2.75, 3.05) is 6.54 Å². The molecule has 6 heteroatoms. The van der Waals surface area contributed by atoms with Crippen molar-refractivity contribution in [2.45, 2.75) is 46.1 Å². The van der Waals surface area contributed by atoms with Gasteiger partial charge in [-0.1, -0.05) is 6.92 Å². The molecule has 0 aromatic carbocycles. The largest absolute Gasteiger partial charge is 0.460 e. The third kappa shape index (κ3) is 8.59. The maximum absolute atomic E-state index is 11.8. The van der Waals surface area contributed by atoms with E-state index in [0.717, 1.165) is 0 Å². The second-order valence-electron chi connectivity index (χ2n) is 4.83. The van der Waals surface area contributed by atoms with Crippen LogP contribution in [-0.2, 0) is 14.3 Å². The number of carbonyl (C=O) groups excluding carboxylic acids is 2. The Labute approximate surface area is 99.7 Å². The summed E-state index contributed by atoms with van der Waals surface area (Å²) in [5.74, 6) is -1.77. The van der Waals surface area contributed by atoms with Gasteiger partial charge in [-0.2, -0.15) is 0 Å². The minimum atomic E-state index is -2.59. The van der Waals surface area contributed by atoms with E-state index >= 15 is 0 Å². The Morgan fingerprint density at radius 2 is 1.82 bits per heavy atom. The molecule has 4 nitrogen and oxygen atoms in total. The van der Waals surface area contributed by atoms with Gasteiger partial charge in [0.15, 0.2) is 0 Å². The molecular weight excluding hydrogens is 232 g/mol. The zero-order valence-electron chi connectivity index (χ0n) is 10.5. The molecule has 0 rings (SSSR count). The van der Waals surface area contributed by atoms with Gasteiger partial charge >= 0.3 is 5.97 Å². The van der Waals surface area contributed by atoms with E-state index in [1.165, 1.54) is 6.92 Å². The molecule has 0 saturated carbocycles. The lowest BCUT2D eigenvalue weighted by molar-refractivity contribution is -0.157. The summed E-state index contributed by atoms with van der Waals surface area (Å²) in [6, 6.07) is 0. The summed E-state index contributed by atoms with van der Waals surface area (Å²) in [7, 11) is 0. The van der Waals surface area contributed by atoms with Gasteiger partial charge in [0.05, 0.1) is 13.0 Å². The van der Waals surface area contributed by atoms with Gasteiger partial charge in [-0.3, -0.25) is 9.59 Å². The van der Waals surface area contributed by atoms with Gasteiger partial charge in [0.25, 0.3) is 6.43 Å². The highest BCUT2D eigenvalue weighted by Crippen LogP contribution is 2.11. The summed E-state index contributed by atoms with van der Waals surface area (Å²) >= 11 is 0. The first-order chi connectivity index (χ1) is 7.61. The molecular formula is C11H19F2NO3. The molecule has 17 heavy (non-hydrogen) atoms. The van der Waals surface area contributed by atoms with E-state index in [1.807, 2.05) is 0 Å². The predicted octanol–water partition coefficient (Wildman–Crippen LogP) is 1.74. The van der Waals surface area contributed by atoms with Gasteiger partial charge < -0.3 is 10.1 Å². The van der Waals surface area contributed by atoms with Crippen LogP contribution in [0.15, 0.2) is 0 Å². The Bertz CT molecular complexity index is 274. The van der Waals surface area contributed by atoms with Gasteiger partial charge in [-0.25, -0.2) is 8.78 Å². The summed E-state index contributed by atoms with van der Waals surface area (Å²) < 4.78 is 28.7. The molecule has 100 valence electrons. The second kappa shape index (κ2) is 6.51. The Kier molecular flexibility index (Phi) is 6.05. The Balaban J connectivity index is 4.03. The molecule has 0 aliphatic carbocycles. The molecule has 0 radical (unpaired) electrons. The van der Waals surface area contributed by atoms with Crippen LogP contribution in [-0.4, -0.2) is 30.4 Å². The lowest BCUT2D eigenvalue weighted by Gasteiger charge is -2.20. The van der Waals surface area contributed by atoms with E-state index in [0.29, 0.717) is 0 Å². The molecule has 1 N–H and O–H groups in total. The van der Waals surface area contributed by atoms with Gasteiger partial charge in [-0.15, -0.1) is 0 Å². The van der Waals surface area contributed by atoms with Crippen LogP contribution in [0.3, 0.4) is 0 Å². The molecule has 0 heterocycles. The van der Waals surface area contributed by atoms with Crippen molar-refractivity contribution in [3.8, 4) is 0 Å². The summed E-state index contributed by atoms with van der Waals surface area (Å²) in [4.78, 5) is 22.7. The van der Waals surface area contributed by atoms with Crippen molar-refractivity contribution in [1.29, 1.82) is 0 Å². The van der Waals surface area contributed by atoms with Crippen molar-refractivity contribution >= 4 is 11.9 Å². The van der Waals surface area contributed by atoms with E-state index in [1.54, 1.807) is 20.8 Å². The summed E-state index contributed by atoms with van der Waals surface area (Å²) in [5.41, 5.74) is -0.615. The number of hydrogen-bond donors (Lipinski definition) is 1. The fourth-order valence-electron chi connectivity index (χ4n) is 1.08. The molecule has 0 aliphatic rings. The first-order valence-electron chi connectivity index (χ1n) is 5.39. The summed E-state index contributed by atoms with van der Waals surface area (Å²) in [6.07, 6.45) is -2.71. The fourth-order valence-corrected chi connectivity index (χ4v) is 1.08. The number of alkyl halides is 2. The van der Waals surface area contributed by atoms with Crippen molar-refractivity contribution in [2.24, 2.45) is 5.92 Å². The molecule has 1 amide bonds. The topological polar surface area (TPSA) is 55.4 Å². The van der Waals surface area contributed by atoms with Gasteiger partial charge in [-0.05, 0) is 20.8 Å². The van der Waals surface area contributed by atoms with Crippen LogP contribution in [0.5, 0.6) is 0 Å². The average Bonchev–Trinajstić information content (AvgIpc) is 2.10. The van der Waals surface area contributed by atoms with Crippen LogP contribution >= 0.6 is 0 Å². The van der Waals surface area contributed by atoms with Crippen LogP contribution in [0.4, 0.5) is 8.78 Å². The quantitative estimate of drug-likeness (QED) is 0.757. The number of nitrogens with one attached hydrogen (secondary N) is 1. The number of rotatable bonds is 5. The first kappa shape index (κ1) is 15.8. The number of carbonyl (C=O) groups is 2. The number of esters is 1. The standard InChI is InChI=1S/C11H19F2NO3/c1-7(10(16)14-6-8(12)13)5-9(15)17-11(2,3)4/h7-8H,5-6H2,1-4H3,(H,14,16)/t7-/m0/s1. The lowest BCUT2D eigenvalue weighted by Crippen LogP contribution is -2.35. The predicted molar refractivity (Wildman–Crippen MR) is 58.6 cm³/mol. The molecule has 0 saturated heterocycles. The molecule has 0 fully saturated rings. The van der Waals surface area contributed by atoms with Crippen LogP contribution in [0, 0.1) is 5.92 Å². The average molecular weight is 251 g/mol.